The average molecular weight is 380 g/mol. The van der Waals surface area contributed by atoms with E-state index in [4.69, 9.17) is 34.8 Å². The zero-order chi connectivity index (χ0) is 17.2. The largest absolute Gasteiger partial charge is 0.399 e. The van der Waals surface area contributed by atoms with Crippen LogP contribution in [0.5, 0.6) is 0 Å². The van der Waals surface area contributed by atoms with Gasteiger partial charge in [-0.1, -0.05) is 76.8 Å². The van der Waals surface area contributed by atoms with Crippen LogP contribution in [0, 0.1) is 6.92 Å². The lowest BCUT2D eigenvalue weighted by molar-refractivity contribution is -0.139. The summed E-state index contributed by atoms with van der Waals surface area (Å²) in [5, 5.41) is 0.0276. The van der Waals surface area contributed by atoms with Crippen LogP contribution >= 0.6 is 34.8 Å². The molecule has 0 aromatic heterocycles. The number of benzene rings is 2. The maximum atomic E-state index is 13.4. The van der Waals surface area contributed by atoms with Crippen molar-refractivity contribution in [3.8, 4) is 0 Å². The molecule has 0 aliphatic carbocycles. The normalized spacial score (nSPS) is 13.5. The van der Waals surface area contributed by atoms with Crippen molar-refractivity contribution in [1.82, 2.24) is 0 Å². The highest BCUT2D eigenvalue weighted by atomic mass is 35.5. The number of halogens is 6. The van der Waals surface area contributed by atoms with Gasteiger partial charge in [0.1, 0.15) is 0 Å². The van der Waals surface area contributed by atoms with Crippen molar-refractivity contribution in [2.75, 3.05) is 0 Å². The number of hydrogen-bond acceptors (Lipinski definition) is 0. The molecule has 0 saturated heterocycles. The molecule has 2 aromatic carbocycles. The molecule has 0 nitrogen and oxygen atoms in total. The molecule has 0 heterocycles. The summed E-state index contributed by atoms with van der Waals surface area (Å²) in [5.41, 5.74) is 1.65. The summed E-state index contributed by atoms with van der Waals surface area (Å²) in [6, 6.07) is 9.54. The number of aryl methyl sites for hydroxylation is 1. The highest BCUT2D eigenvalue weighted by molar-refractivity contribution is 6.48. The summed E-state index contributed by atoms with van der Waals surface area (Å²) in [4.78, 5) is 0. The average Bonchev–Trinajstić information content (AvgIpc) is 2.45. The SMILES string of the molecule is Cc1ccc(/C=C/C(c2cc(Cl)c(Cl)c(Cl)c2)C(F)(F)F)cc1. The second-order valence-electron chi connectivity index (χ2n) is 5.09. The third-order valence-corrected chi connectivity index (χ3v) is 4.47. The van der Waals surface area contributed by atoms with E-state index in [0.29, 0.717) is 5.56 Å². The van der Waals surface area contributed by atoms with E-state index >= 15 is 0 Å². The van der Waals surface area contributed by atoms with Crippen molar-refractivity contribution < 1.29 is 13.2 Å². The fourth-order valence-electron chi connectivity index (χ4n) is 2.05. The standard InChI is InChI=1S/C17H12Cl3F3/c1-10-2-4-11(5-3-10)6-7-13(17(21,22)23)12-8-14(18)16(20)15(19)9-12/h2-9,13H,1H3/b7-6+. The lowest BCUT2D eigenvalue weighted by Gasteiger charge is -2.18. The minimum absolute atomic E-state index is 0.00727. The van der Waals surface area contributed by atoms with E-state index in [9.17, 15) is 13.2 Å². The fraction of sp³-hybridized carbons (Fsp3) is 0.176. The summed E-state index contributed by atoms with van der Waals surface area (Å²) >= 11 is 17.5. The van der Waals surface area contributed by atoms with Crippen LogP contribution < -0.4 is 0 Å². The first-order valence-electron chi connectivity index (χ1n) is 6.64. The van der Waals surface area contributed by atoms with Gasteiger partial charge in [-0.25, -0.2) is 0 Å². The smallest absolute Gasteiger partial charge is 0.170 e. The predicted molar refractivity (Wildman–Crippen MR) is 90.5 cm³/mol. The highest BCUT2D eigenvalue weighted by Gasteiger charge is 2.39. The molecule has 0 radical (unpaired) electrons. The van der Waals surface area contributed by atoms with Gasteiger partial charge in [0.05, 0.1) is 21.0 Å². The lowest BCUT2D eigenvalue weighted by Crippen LogP contribution is -2.19. The maximum absolute atomic E-state index is 13.4. The number of allylic oxidation sites excluding steroid dienone is 1. The van der Waals surface area contributed by atoms with Crippen LogP contribution in [0.15, 0.2) is 42.5 Å². The Labute approximate surface area is 147 Å². The maximum Gasteiger partial charge on any atom is 0.399 e. The van der Waals surface area contributed by atoms with Crippen molar-refractivity contribution in [3.05, 3.63) is 74.2 Å². The molecule has 2 aromatic rings. The van der Waals surface area contributed by atoms with Crippen LogP contribution in [0.1, 0.15) is 22.6 Å². The third-order valence-electron chi connectivity index (χ3n) is 3.28. The van der Waals surface area contributed by atoms with Crippen molar-refractivity contribution in [3.63, 3.8) is 0 Å². The fourth-order valence-corrected chi connectivity index (χ4v) is 2.66. The monoisotopic (exact) mass is 378 g/mol. The number of rotatable bonds is 3. The Morgan fingerprint density at radius 2 is 1.48 bits per heavy atom. The Balaban J connectivity index is 2.40. The Morgan fingerprint density at radius 1 is 0.957 bits per heavy atom. The number of hydrogen-bond donors (Lipinski definition) is 0. The summed E-state index contributed by atoms with van der Waals surface area (Å²) in [7, 11) is 0. The van der Waals surface area contributed by atoms with Crippen LogP contribution in [0.2, 0.25) is 15.1 Å². The van der Waals surface area contributed by atoms with E-state index in [1.165, 1.54) is 18.2 Å². The van der Waals surface area contributed by atoms with Crippen LogP contribution in [-0.2, 0) is 0 Å². The molecule has 0 aliphatic rings. The predicted octanol–water partition coefficient (Wildman–Crippen LogP) is 7.31. The molecule has 0 amide bonds. The molecular weight excluding hydrogens is 368 g/mol. The van der Waals surface area contributed by atoms with Gasteiger partial charge in [-0.2, -0.15) is 13.2 Å². The molecule has 0 aliphatic heterocycles. The molecule has 1 unspecified atom stereocenters. The molecule has 2 rings (SSSR count). The first-order valence-corrected chi connectivity index (χ1v) is 7.78. The van der Waals surface area contributed by atoms with Crippen molar-refractivity contribution in [1.29, 1.82) is 0 Å². The topological polar surface area (TPSA) is 0 Å². The van der Waals surface area contributed by atoms with Crippen LogP contribution in [0.3, 0.4) is 0 Å². The van der Waals surface area contributed by atoms with Crippen molar-refractivity contribution in [2.45, 2.75) is 19.0 Å². The lowest BCUT2D eigenvalue weighted by atomic mass is 9.97. The molecule has 0 fully saturated rings. The quantitative estimate of drug-likeness (QED) is 0.490. The second kappa shape index (κ2) is 7.16. The molecule has 0 bridgehead atoms. The Morgan fingerprint density at radius 3 is 1.96 bits per heavy atom. The molecule has 1 atom stereocenters. The van der Waals surface area contributed by atoms with Crippen molar-refractivity contribution in [2.24, 2.45) is 0 Å². The Hall–Kier alpha value is -1.16. The van der Waals surface area contributed by atoms with E-state index in [2.05, 4.69) is 0 Å². The van der Waals surface area contributed by atoms with Crippen molar-refractivity contribution >= 4 is 40.9 Å². The minimum Gasteiger partial charge on any atom is -0.170 e. The van der Waals surface area contributed by atoms with E-state index in [-0.39, 0.29) is 20.6 Å². The summed E-state index contributed by atoms with van der Waals surface area (Å²) < 4.78 is 40.1. The van der Waals surface area contributed by atoms with Gasteiger partial charge in [0.2, 0.25) is 0 Å². The molecule has 122 valence electrons. The van der Waals surface area contributed by atoms with E-state index in [1.54, 1.807) is 12.1 Å². The molecule has 23 heavy (non-hydrogen) atoms. The molecular formula is C17H12Cl3F3. The highest BCUT2D eigenvalue weighted by Crippen LogP contribution is 2.41. The van der Waals surface area contributed by atoms with Crippen LogP contribution in [0.25, 0.3) is 6.08 Å². The van der Waals surface area contributed by atoms with Crippen LogP contribution in [-0.4, -0.2) is 6.18 Å². The van der Waals surface area contributed by atoms with Gasteiger partial charge in [0, 0.05) is 0 Å². The summed E-state index contributed by atoms with van der Waals surface area (Å²) in [6.45, 7) is 1.91. The van der Waals surface area contributed by atoms with Gasteiger partial charge in [0.15, 0.2) is 0 Å². The number of alkyl halides is 3. The Bertz CT molecular complexity index is 696. The summed E-state index contributed by atoms with van der Waals surface area (Å²) in [6.07, 6.45) is -1.96. The van der Waals surface area contributed by atoms with Gasteiger partial charge in [-0.15, -0.1) is 0 Å². The Kier molecular flexibility index (Phi) is 5.66. The third kappa shape index (κ3) is 4.66. The van der Waals surface area contributed by atoms with E-state index in [0.717, 1.165) is 11.6 Å². The van der Waals surface area contributed by atoms with Gasteiger partial charge < -0.3 is 0 Å². The van der Waals surface area contributed by atoms with Gasteiger partial charge in [0.25, 0.3) is 0 Å². The molecule has 0 saturated carbocycles. The zero-order valence-corrected chi connectivity index (χ0v) is 14.2. The van der Waals surface area contributed by atoms with Gasteiger partial charge >= 0.3 is 6.18 Å². The first-order chi connectivity index (χ1) is 10.7. The van der Waals surface area contributed by atoms with Crippen LogP contribution in [0.4, 0.5) is 13.2 Å². The van der Waals surface area contributed by atoms with E-state index < -0.39 is 12.1 Å². The van der Waals surface area contributed by atoms with Gasteiger partial charge in [-0.3, -0.25) is 0 Å². The second-order valence-corrected chi connectivity index (χ2v) is 6.28. The summed E-state index contributed by atoms with van der Waals surface area (Å²) in [5.74, 6) is -1.82. The first kappa shape index (κ1) is 18.2. The molecule has 6 heteroatoms. The molecule has 0 spiro atoms. The minimum atomic E-state index is -4.47. The molecule has 0 N–H and O–H groups in total. The zero-order valence-electron chi connectivity index (χ0n) is 12.0. The van der Waals surface area contributed by atoms with Gasteiger partial charge in [-0.05, 0) is 30.2 Å². The van der Waals surface area contributed by atoms with E-state index in [1.807, 2.05) is 19.1 Å².